The third-order valence-corrected chi connectivity index (χ3v) is 2.91. The number of nitrogens with zero attached hydrogens (tertiary/aromatic N) is 1. The molecule has 1 amide bonds. The first kappa shape index (κ1) is 14.0. The van der Waals surface area contributed by atoms with Crippen LogP contribution in [0.25, 0.3) is 0 Å². The molecule has 5 heteroatoms. The molecule has 1 aromatic carbocycles. The smallest absolute Gasteiger partial charge is 0.250 e. The van der Waals surface area contributed by atoms with Crippen molar-refractivity contribution in [1.82, 2.24) is 9.88 Å². The van der Waals surface area contributed by atoms with Gasteiger partial charge in [-0.15, -0.1) is 0 Å². The van der Waals surface area contributed by atoms with Crippen molar-refractivity contribution in [2.24, 2.45) is 7.05 Å². The molecule has 1 aromatic heterocycles. The van der Waals surface area contributed by atoms with Crippen LogP contribution in [0.15, 0.2) is 47.4 Å². The van der Waals surface area contributed by atoms with Gasteiger partial charge in [0, 0.05) is 25.9 Å². The number of pyridine rings is 1. The number of carbonyl (C=O) groups is 1. The van der Waals surface area contributed by atoms with E-state index in [-0.39, 0.29) is 23.7 Å². The van der Waals surface area contributed by atoms with E-state index in [9.17, 15) is 14.0 Å². The van der Waals surface area contributed by atoms with Gasteiger partial charge in [0.25, 0.3) is 0 Å². The van der Waals surface area contributed by atoms with E-state index < -0.39 is 0 Å². The number of halogens is 1. The van der Waals surface area contributed by atoms with Gasteiger partial charge in [0.1, 0.15) is 5.82 Å². The highest BCUT2D eigenvalue weighted by Gasteiger charge is 2.04. The quantitative estimate of drug-likeness (QED) is 0.916. The summed E-state index contributed by atoms with van der Waals surface area (Å²) in [5.41, 5.74) is 1.51. The van der Waals surface area contributed by atoms with E-state index in [0.29, 0.717) is 6.54 Å². The third kappa shape index (κ3) is 3.78. The zero-order chi connectivity index (χ0) is 14.5. The lowest BCUT2D eigenvalue weighted by molar-refractivity contribution is -0.120. The summed E-state index contributed by atoms with van der Waals surface area (Å²) in [6.07, 6.45) is 1.88. The summed E-state index contributed by atoms with van der Waals surface area (Å²) >= 11 is 0. The topological polar surface area (TPSA) is 51.1 Å². The predicted octanol–water partition coefficient (Wildman–Crippen LogP) is 1.38. The molecule has 1 heterocycles. The summed E-state index contributed by atoms with van der Waals surface area (Å²) < 4.78 is 14.2. The predicted molar refractivity (Wildman–Crippen MR) is 73.6 cm³/mol. The van der Waals surface area contributed by atoms with Crippen LogP contribution in [0.3, 0.4) is 0 Å². The zero-order valence-electron chi connectivity index (χ0n) is 11.1. The molecule has 0 bridgehead atoms. The number of aromatic nitrogens is 1. The zero-order valence-corrected chi connectivity index (χ0v) is 11.1. The largest absolute Gasteiger partial charge is 0.352 e. The molecular formula is C15H15FN2O2. The average Bonchev–Trinajstić information content (AvgIpc) is 2.43. The second kappa shape index (κ2) is 6.14. The lowest BCUT2D eigenvalue weighted by atomic mass is 10.1. The number of hydrogen-bond donors (Lipinski definition) is 1. The Morgan fingerprint density at radius 1 is 1.15 bits per heavy atom. The molecule has 1 N–H and O–H groups in total. The van der Waals surface area contributed by atoms with Gasteiger partial charge in [-0.3, -0.25) is 9.59 Å². The van der Waals surface area contributed by atoms with Crippen LogP contribution in [0.5, 0.6) is 0 Å². The van der Waals surface area contributed by atoms with Crippen molar-refractivity contribution in [2.45, 2.75) is 13.0 Å². The minimum absolute atomic E-state index is 0.0913. The van der Waals surface area contributed by atoms with Crippen molar-refractivity contribution >= 4 is 5.91 Å². The Labute approximate surface area is 115 Å². The van der Waals surface area contributed by atoms with Crippen molar-refractivity contribution in [2.75, 3.05) is 0 Å². The summed E-state index contributed by atoms with van der Waals surface area (Å²) in [4.78, 5) is 23.0. The van der Waals surface area contributed by atoms with Gasteiger partial charge < -0.3 is 9.88 Å². The number of nitrogens with one attached hydrogen (secondary N) is 1. The number of aryl methyl sites for hydroxylation is 1. The molecule has 2 rings (SSSR count). The summed E-state index contributed by atoms with van der Waals surface area (Å²) in [5, 5.41) is 2.76. The fraction of sp³-hybridized carbons (Fsp3) is 0.200. The Bertz CT molecular complexity index is 662. The maximum Gasteiger partial charge on any atom is 0.250 e. The summed E-state index contributed by atoms with van der Waals surface area (Å²) in [6, 6.07) is 8.97. The fourth-order valence-electron chi connectivity index (χ4n) is 1.81. The van der Waals surface area contributed by atoms with E-state index in [1.54, 1.807) is 31.4 Å². The van der Waals surface area contributed by atoms with Gasteiger partial charge in [0.15, 0.2) is 0 Å². The molecule has 0 fully saturated rings. The molecule has 0 atom stereocenters. The van der Waals surface area contributed by atoms with Gasteiger partial charge in [-0.2, -0.15) is 0 Å². The van der Waals surface area contributed by atoms with Gasteiger partial charge in [-0.05, 0) is 23.3 Å². The van der Waals surface area contributed by atoms with Crippen LogP contribution in [0.1, 0.15) is 11.1 Å². The van der Waals surface area contributed by atoms with E-state index in [0.717, 1.165) is 11.1 Å². The normalized spacial score (nSPS) is 10.3. The van der Waals surface area contributed by atoms with Crippen LogP contribution < -0.4 is 10.9 Å². The molecular weight excluding hydrogens is 259 g/mol. The first-order valence-corrected chi connectivity index (χ1v) is 6.21. The monoisotopic (exact) mass is 274 g/mol. The van der Waals surface area contributed by atoms with Gasteiger partial charge in [0.2, 0.25) is 11.5 Å². The third-order valence-electron chi connectivity index (χ3n) is 2.91. The highest BCUT2D eigenvalue weighted by Crippen LogP contribution is 2.03. The summed E-state index contributed by atoms with van der Waals surface area (Å²) in [7, 11) is 1.66. The molecule has 20 heavy (non-hydrogen) atoms. The van der Waals surface area contributed by atoms with Crippen LogP contribution >= 0.6 is 0 Å². The molecule has 0 radical (unpaired) electrons. The second-order valence-electron chi connectivity index (χ2n) is 4.57. The van der Waals surface area contributed by atoms with Crippen LogP contribution in [-0.2, 0) is 24.8 Å². The summed E-state index contributed by atoms with van der Waals surface area (Å²) in [5.74, 6) is -0.468. The Balaban J connectivity index is 1.90. The van der Waals surface area contributed by atoms with E-state index in [4.69, 9.17) is 0 Å². The second-order valence-corrected chi connectivity index (χ2v) is 4.57. The maximum atomic E-state index is 12.7. The van der Waals surface area contributed by atoms with Crippen LogP contribution in [0.4, 0.5) is 4.39 Å². The van der Waals surface area contributed by atoms with E-state index in [1.807, 2.05) is 0 Å². The van der Waals surface area contributed by atoms with Crippen LogP contribution in [0, 0.1) is 5.82 Å². The first-order chi connectivity index (χ1) is 9.54. The van der Waals surface area contributed by atoms with E-state index in [2.05, 4.69) is 5.32 Å². The van der Waals surface area contributed by atoms with Gasteiger partial charge in [0.05, 0.1) is 6.42 Å². The molecule has 0 spiro atoms. The standard InChI is InChI=1S/C15H15FN2O2/c1-18-10-12(4-7-15(18)20)9-17-14(19)8-11-2-5-13(16)6-3-11/h2-7,10H,8-9H2,1H3,(H,17,19). The van der Waals surface area contributed by atoms with Gasteiger partial charge in [-0.25, -0.2) is 4.39 Å². The number of rotatable bonds is 4. The van der Waals surface area contributed by atoms with Crippen molar-refractivity contribution in [1.29, 1.82) is 0 Å². The summed E-state index contributed by atoms with van der Waals surface area (Å²) in [6.45, 7) is 0.355. The SMILES string of the molecule is Cn1cc(CNC(=O)Cc2ccc(F)cc2)ccc1=O. The van der Waals surface area contributed by atoms with E-state index >= 15 is 0 Å². The molecule has 104 valence electrons. The molecule has 4 nitrogen and oxygen atoms in total. The lowest BCUT2D eigenvalue weighted by Gasteiger charge is -2.06. The Hall–Kier alpha value is -2.43. The molecule has 0 saturated heterocycles. The Morgan fingerprint density at radius 3 is 2.45 bits per heavy atom. The number of carbonyl (C=O) groups excluding carboxylic acids is 1. The first-order valence-electron chi connectivity index (χ1n) is 6.21. The molecule has 0 aliphatic carbocycles. The minimum atomic E-state index is -0.320. The molecule has 0 saturated carbocycles. The van der Waals surface area contributed by atoms with E-state index in [1.165, 1.54) is 22.8 Å². The highest BCUT2D eigenvalue weighted by molar-refractivity contribution is 5.78. The Kier molecular flexibility index (Phi) is 4.30. The van der Waals surface area contributed by atoms with Gasteiger partial charge >= 0.3 is 0 Å². The molecule has 0 aliphatic heterocycles. The number of amides is 1. The van der Waals surface area contributed by atoms with Crippen molar-refractivity contribution in [3.05, 3.63) is 69.9 Å². The minimum Gasteiger partial charge on any atom is -0.352 e. The van der Waals surface area contributed by atoms with Gasteiger partial charge in [-0.1, -0.05) is 18.2 Å². The molecule has 0 aliphatic rings. The molecule has 2 aromatic rings. The number of benzene rings is 1. The Morgan fingerprint density at radius 2 is 1.80 bits per heavy atom. The highest BCUT2D eigenvalue weighted by atomic mass is 19.1. The fourth-order valence-corrected chi connectivity index (χ4v) is 1.81. The van der Waals surface area contributed by atoms with Crippen molar-refractivity contribution in [3.8, 4) is 0 Å². The number of hydrogen-bond acceptors (Lipinski definition) is 2. The molecule has 0 unspecified atom stereocenters. The lowest BCUT2D eigenvalue weighted by Crippen LogP contribution is -2.25. The average molecular weight is 274 g/mol. The van der Waals surface area contributed by atoms with Crippen molar-refractivity contribution < 1.29 is 9.18 Å². The van der Waals surface area contributed by atoms with Crippen LogP contribution in [-0.4, -0.2) is 10.5 Å². The van der Waals surface area contributed by atoms with Crippen LogP contribution in [0.2, 0.25) is 0 Å². The maximum absolute atomic E-state index is 12.7. The van der Waals surface area contributed by atoms with Crippen molar-refractivity contribution in [3.63, 3.8) is 0 Å².